The fourth-order valence-electron chi connectivity index (χ4n) is 4.08. The largest absolute Gasteiger partial charge is 0.352 e. The summed E-state index contributed by atoms with van der Waals surface area (Å²) in [5, 5.41) is 3.47. The Bertz CT molecular complexity index is 1220. The zero-order valence-electron chi connectivity index (χ0n) is 19.8. The van der Waals surface area contributed by atoms with Gasteiger partial charge in [-0.05, 0) is 44.0 Å². The number of amides is 2. The predicted octanol–water partition coefficient (Wildman–Crippen LogP) is 4.51. The molecule has 1 atom stereocenters. The summed E-state index contributed by atoms with van der Waals surface area (Å²) in [4.78, 5) is 27.7. The Kier molecular flexibility index (Phi) is 9.18. The van der Waals surface area contributed by atoms with Gasteiger partial charge in [0.05, 0.1) is 11.9 Å². The third-order valence-corrected chi connectivity index (χ3v) is 7.98. The van der Waals surface area contributed by atoms with Crippen LogP contribution in [0.15, 0.2) is 36.4 Å². The van der Waals surface area contributed by atoms with Crippen LogP contribution in [0, 0.1) is 11.6 Å². The van der Waals surface area contributed by atoms with Crippen LogP contribution in [-0.4, -0.2) is 50.0 Å². The van der Waals surface area contributed by atoms with Gasteiger partial charge in [-0.25, -0.2) is 17.2 Å². The number of halogens is 4. The van der Waals surface area contributed by atoms with Gasteiger partial charge in [-0.1, -0.05) is 42.1 Å². The lowest BCUT2D eigenvalue weighted by atomic mass is 10.1. The van der Waals surface area contributed by atoms with Gasteiger partial charge in [-0.3, -0.25) is 13.9 Å². The second-order valence-electron chi connectivity index (χ2n) is 8.76. The van der Waals surface area contributed by atoms with Gasteiger partial charge in [-0.15, -0.1) is 0 Å². The van der Waals surface area contributed by atoms with Gasteiger partial charge in [0.15, 0.2) is 11.6 Å². The van der Waals surface area contributed by atoms with Crippen molar-refractivity contribution < 1.29 is 26.8 Å². The number of benzene rings is 2. The summed E-state index contributed by atoms with van der Waals surface area (Å²) in [6, 6.07) is 6.30. The fraction of sp³-hybridized carbons (Fsp3) is 0.417. The van der Waals surface area contributed by atoms with Crippen LogP contribution < -0.4 is 9.62 Å². The van der Waals surface area contributed by atoms with E-state index in [1.807, 2.05) is 0 Å². The van der Waals surface area contributed by atoms with Crippen molar-refractivity contribution in [2.24, 2.45) is 0 Å². The van der Waals surface area contributed by atoms with Crippen molar-refractivity contribution in [2.45, 2.75) is 51.2 Å². The molecule has 0 radical (unpaired) electrons. The van der Waals surface area contributed by atoms with Crippen molar-refractivity contribution >= 4 is 50.7 Å². The quantitative estimate of drug-likeness (QED) is 0.487. The lowest BCUT2D eigenvalue weighted by Crippen LogP contribution is -2.52. The smallest absolute Gasteiger partial charge is 0.244 e. The monoisotopic (exact) mass is 561 g/mol. The van der Waals surface area contributed by atoms with Crippen LogP contribution in [0.2, 0.25) is 10.0 Å². The number of rotatable bonds is 9. The number of nitrogens with zero attached hydrogens (tertiary/aromatic N) is 2. The maximum absolute atomic E-state index is 13.9. The molecule has 1 aliphatic carbocycles. The van der Waals surface area contributed by atoms with Crippen molar-refractivity contribution in [1.82, 2.24) is 10.2 Å². The van der Waals surface area contributed by atoms with Gasteiger partial charge >= 0.3 is 0 Å². The molecule has 0 heterocycles. The van der Waals surface area contributed by atoms with E-state index in [4.69, 9.17) is 23.2 Å². The van der Waals surface area contributed by atoms with Gasteiger partial charge in [0.1, 0.15) is 12.6 Å². The number of hydrogen-bond acceptors (Lipinski definition) is 4. The Morgan fingerprint density at radius 2 is 1.69 bits per heavy atom. The molecule has 0 aliphatic heterocycles. The zero-order chi connectivity index (χ0) is 26.6. The van der Waals surface area contributed by atoms with Crippen molar-refractivity contribution in [1.29, 1.82) is 0 Å². The molecule has 196 valence electrons. The lowest BCUT2D eigenvalue weighted by Gasteiger charge is -2.32. The molecule has 0 spiro atoms. The molecule has 1 N–H and O–H groups in total. The average Bonchev–Trinajstić information content (AvgIpc) is 3.31. The van der Waals surface area contributed by atoms with E-state index in [-0.39, 0.29) is 28.3 Å². The first kappa shape index (κ1) is 28.1. The molecule has 0 aromatic heterocycles. The minimum Gasteiger partial charge on any atom is -0.352 e. The normalized spacial score (nSPS) is 14.9. The summed E-state index contributed by atoms with van der Waals surface area (Å²) in [6.45, 7) is 0.592. The van der Waals surface area contributed by atoms with E-state index in [9.17, 15) is 26.8 Å². The predicted molar refractivity (Wildman–Crippen MR) is 135 cm³/mol. The molecule has 2 aromatic carbocycles. The van der Waals surface area contributed by atoms with Crippen LogP contribution in [-0.2, 0) is 26.2 Å². The number of nitrogens with one attached hydrogen (secondary N) is 1. The second-order valence-corrected chi connectivity index (χ2v) is 11.5. The molecular formula is C24H27Cl2F2N3O4S. The zero-order valence-corrected chi connectivity index (χ0v) is 22.1. The Morgan fingerprint density at radius 3 is 2.25 bits per heavy atom. The highest BCUT2D eigenvalue weighted by Crippen LogP contribution is 2.28. The van der Waals surface area contributed by atoms with E-state index in [1.54, 1.807) is 18.2 Å². The van der Waals surface area contributed by atoms with Gasteiger partial charge in [-0.2, -0.15) is 0 Å². The van der Waals surface area contributed by atoms with Crippen LogP contribution in [0.1, 0.15) is 38.2 Å². The summed E-state index contributed by atoms with van der Waals surface area (Å²) >= 11 is 12.6. The summed E-state index contributed by atoms with van der Waals surface area (Å²) in [5.74, 6) is -3.59. The Hall–Kier alpha value is -2.43. The third-order valence-electron chi connectivity index (χ3n) is 6.13. The standard InChI is InChI=1S/C24H27Cl2F2N3O4S/c1-15(24(33)29-16-6-3-4-7-16)30(13-18-19(25)8-5-9-20(18)26)23(32)14-31(36(2,34)35)17-10-11-21(27)22(28)12-17/h5,8-12,15-16H,3-4,6-7,13-14H2,1-2H3,(H,29,33)/t15-/m0/s1. The summed E-state index contributed by atoms with van der Waals surface area (Å²) < 4.78 is 53.0. The molecule has 0 bridgehead atoms. The average molecular weight is 562 g/mol. The van der Waals surface area contributed by atoms with Crippen molar-refractivity contribution in [3.05, 3.63) is 63.6 Å². The molecule has 2 amide bonds. The van der Waals surface area contributed by atoms with Gasteiger partial charge in [0, 0.05) is 34.3 Å². The Labute approximate surface area is 219 Å². The van der Waals surface area contributed by atoms with E-state index in [1.165, 1.54) is 11.8 Å². The van der Waals surface area contributed by atoms with Crippen molar-refractivity contribution in [3.8, 4) is 0 Å². The highest BCUT2D eigenvalue weighted by molar-refractivity contribution is 7.92. The SMILES string of the molecule is C[C@@H](C(=O)NC1CCCC1)N(Cc1c(Cl)cccc1Cl)C(=O)CN(c1ccc(F)c(F)c1)S(C)(=O)=O. The number of carbonyl (C=O) groups excluding carboxylic acids is 2. The van der Waals surface area contributed by atoms with Crippen molar-refractivity contribution in [2.75, 3.05) is 17.1 Å². The maximum Gasteiger partial charge on any atom is 0.244 e. The minimum absolute atomic E-state index is 0.00416. The molecule has 12 heteroatoms. The molecule has 2 aromatic rings. The number of sulfonamides is 1. The van der Waals surface area contributed by atoms with Gasteiger partial charge < -0.3 is 10.2 Å². The fourth-order valence-corrected chi connectivity index (χ4v) is 5.44. The van der Waals surface area contributed by atoms with E-state index < -0.39 is 46.1 Å². The molecule has 0 unspecified atom stereocenters. The highest BCUT2D eigenvalue weighted by atomic mass is 35.5. The molecule has 3 rings (SSSR count). The molecule has 0 saturated heterocycles. The topological polar surface area (TPSA) is 86.8 Å². The van der Waals surface area contributed by atoms with Crippen LogP contribution in [0.4, 0.5) is 14.5 Å². The molecule has 1 fully saturated rings. The molecule has 1 aliphatic rings. The minimum atomic E-state index is -4.09. The summed E-state index contributed by atoms with van der Waals surface area (Å²) in [7, 11) is -4.09. The first-order valence-electron chi connectivity index (χ1n) is 11.3. The Balaban J connectivity index is 1.94. The van der Waals surface area contributed by atoms with Crippen molar-refractivity contribution in [3.63, 3.8) is 0 Å². The first-order chi connectivity index (χ1) is 16.9. The van der Waals surface area contributed by atoms with Crippen LogP contribution >= 0.6 is 23.2 Å². The summed E-state index contributed by atoms with van der Waals surface area (Å²) in [6.07, 6.45) is 4.50. The molecular weight excluding hydrogens is 535 g/mol. The van der Waals surface area contributed by atoms with Crippen LogP contribution in [0.25, 0.3) is 0 Å². The van der Waals surface area contributed by atoms with E-state index in [0.717, 1.165) is 44.1 Å². The molecule has 7 nitrogen and oxygen atoms in total. The first-order valence-corrected chi connectivity index (χ1v) is 13.9. The van der Waals surface area contributed by atoms with Crippen LogP contribution in [0.5, 0.6) is 0 Å². The van der Waals surface area contributed by atoms with Crippen LogP contribution in [0.3, 0.4) is 0 Å². The number of carbonyl (C=O) groups is 2. The van der Waals surface area contributed by atoms with E-state index in [0.29, 0.717) is 15.9 Å². The highest BCUT2D eigenvalue weighted by Gasteiger charge is 2.32. The molecule has 36 heavy (non-hydrogen) atoms. The van der Waals surface area contributed by atoms with Gasteiger partial charge in [0.25, 0.3) is 0 Å². The lowest BCUT2D eigenvalue weighted by molar-refractivity contribution is -0.139. The third kappa shape index (κ3) is 6.86. The second kappa shape index (κ2) is 11.7. The number of anilines is 1. The Morgan fingerprint density at radius 1 is 1.08 bits per heavy atom. The van der Waals surface area contributed by atoms with E-state index >= 15 is 0 Å². The molecule has 1 saturated carbocycles. The number of hydrogen-bond donors (Lipinski definition) is 1. The maximum atomic E-state index is 13.9. The van der Waals surface area contributed by atoms with Gasteiger partial charge in [0.2, 0.25) is 21.8 Å². The van der Waals surface area contributed by atoms with E-state index in [2.05, 4.69) is 5.32 Å². The summed E-state index contributed by atoms with van der Waals surface area (Å²) in [5.41, 5.74) is 0.150.